The quantitative estimate of drug-likeness (QED) is 0.565. The largest absolute Gasteiger partial charge is 0.350 e. The van der Waals surface area contributed by atoms with Crippen LogP contribution in [-0.2, 0) is 16.1 Å². The predicted octanol–water partition coefficient (Wildman–Crippen LogP) is 3.77. The summed E-state index contributed by atoms with van der Waals surface area (Å²) in [7, 11) is 0. The highest BCUT2D eigenvalue weighted by atomic mass is 19.1. The van der Waals surface area contributed by atoms with Crippen LogP contribution >= 0.6 is 0 Å². The summed E-state index contributed by atoms with van der Waals surface area (Å²) >= 11 is 0. The molecule has 0 saturated heterocycles. The molecule has 1 atom stereocenters. The van der Waals surface area contributed by atoms with Gasteiger partial charge in [0.05, 0.1) is 0 Å². The molecule has 1 unspecified atom stereocenters. The molecule has 0 fully saturated rings. The van der Waals surface area contributed by atoms with Crippen LogP contribution in [0, 0.1) is 17.6 Å². The van der Waals surface area contributed by atoms with Gasteiger partial charge < -0.3 is 16.0 Å². The number of carbonyl (C=O) groups is 3. The van der Waals surface area contributed by atoms with E-state index in [4.69, 9.17) is 0 Å². The number of benzene rings is 2. The molecule has 0 aliphatic heterocycles. The van der Waals surface area contributed by atoms with Gasteiger partial charge in [-0.25, -0.2) is 8.78 Å². The maximum absolute atomic E-state index is 13.9. The molecule has 0 aliphatic rings. The molecule has 31 heavy (non-hydrogen) atoms. The van der Waals surface area contributed by atoms with Gasteiger partial charge in [-0.15, -0.1) is 0 Å². The smallest absolute Gasteiger partial charge is 0.257 e. The lowest BCUT2D eigenvalue weighted by atomic mass is 10.0. The van der Waals surface area contributed by atoms with E-state index in [1.807, 2.05) is 6.92 Å². The molecule has 3 amide bonds. The summed E-state index contributed by atoms with van der Waals surface area (Å²) in [6, 6.07) is 9.17. The van der Waals surface area contributed by atoms with Crippen molar-refractivity contribution < 1.29 is 23.2 Å². The first kappa shape index (κ1) is 24.0. The number of hydrogen-bond donors (Lipinski definition) is 3. The van der Waals surface area contributed by atoms with Crippen LogP contribution in [0.2, 0.25) is 0 Å². The van der Waals surface area contributed by atoms with Gasteiger partial charge in [-0.3, -0.25) is 14.4 Å². The Morgan fingerprint density at radius 2 is 1.65 bits per heavy atom. The molecular weight excluding hydrogens is 404 g/mol. The van der Waals surface area contributed by atoms with Crippen molar-refractivity contribution in [2.24, 2.45) is 5.92 Å². The van der Waals surface area contributed by atoms with Crippen molar-refractivity contribution in [3.63, 3.8) is 0 Å². The van der Waals surface area contributed by atoms with E-state index < -0.39 is 35.1 Å². The Balaban J connectivity index is 2.03. The van der Waals surface area contributed by atoms with Crippen molar-refractivity contribution in [3.05, 3.63) is 65.2 Å². The standard InChI is InChI=1S/C23H27F2N3O3/c1-4-7-19(29)27-16-9-5-8-15(12-16)13-26-23(31)21(14(2)3)28-22(30)20-17(24)10-6-11-18(20)25/h5-6,8-12,14,21H,4,7,13H2,1-3H3,(H,26,31)(H,27,29)(H,28,30). The van der Waals surface area contributed by atoms with Gasteiger partial charge in [-0.05, 0) is 42.2 Å². The lowest BCUT2D eigenvalue weighted by Crippen LogP contribution is -2.49. The molecule has 0 aliphatic carbocycles. The Morgan fingerprint density at radius 1 is 1.00 bits per heavy atom. The minimum Gasteiger partial charge on any atom is -0.350 e. The lowest BCUT2D eigenvalue weighted by Gasteiger charge is -2.22. The van der Waals surface area contributed by atoms with Gasteiger partial charge in [0.25, 0.3) is 5.91 Å². The van der Waals surface area contributed by atoms with Crippen LogP contribution in [0.5, 0.6) is 0 Å². The highest BCUT2D eigenvalue weighted by Gasteiger charge is 2.27. The van der Waals surface area contributed by atoms with Gasteiger partial charge in [-0.1, -0.05) is 39.0 Å². The first-order valence-electron chi connectivity index (χ1n) is 10.1. The lowest BCUT2D eigenvalue weighted by molar-refractivity contribution is -0.124. The van der Waals surface area contributed by atoms with Crippen LogP contribution in [0.4, 0.5) is 14.5 Å². The second kappa shape index (κ2) is 11.2. The predicted molar refractivity (Wildman–Crippen MR) is 114 cm³/mol. The first-order valence-corrected chi connectivity index (χ1v) is 10.1. The van der Waals surface area contributed by atoms with E-state index >= 15 is 0 Å². The van der Waals surface area contributed by atoms with E-state index in [0.29, 0.717) is 12.1 Å². The molecule has 2 rings (SSSR count). The first-order chi connectivity index (χ1) is 14.7. The van der Waals surface area contributed by atoms with Crippen molar-refractivity contribution in [1.82, 2.24) is 10.6 Å². The maximum Gasteiger partial charge on any atom is 0.257 e. The number of rotatable bonds is 9. The molecule has 0 bridgehead atoms. The van der Waals surface area contributed by atoms with Gasteiger partial charge >= 0.3 is 0 Å². The molecule has 2 aromatic rings. The second-order valence-corrected chi connectivity index (χ2v) is 7.51. The van der Waals surface area contributed by atoms with Crippen LogP contribution in [-0.4, -0.2) is 23.8 Å². The second-order valence-electron chi connectivity index (χ2n) is 7.51. The summed E-state index contributed by atoms with van der Waals surface area (Å²) < 4.78 is 27.7. The zero-order valence-corrected chi connectivity index (χ0v) is 17.8. The fourth-order valence-electron chi connectivity index (χ4n) is 2.97. The summed E-state index contributed by atoms with van der Waals surface area (Å²) in [5.74, 6) is -3.89. The summed E-state index contributed by atoms with van der Waals surface area (Å²) in [6.07, 6.45) is 1.15. The summed E-state index contributed by atoms with van der Waals surface area (Å²) in [5.41, 5.74) is 0.641. The van der Waals surface area contributed by atoms with E-state index in [9.17, 15) is 23.2 Å². The van der Waals surface area contributed by atoms with Crippen molar-refractivity contribution in [2.75, 3.05) is 5.32 Å². The third-order valence-corrected chi connectivity index (χ3v) is 4.58. The van der Waals surface area contributed by atoms with Gasteiger partial charge in [0.2, 0.25) is 11.8 Å². The topological polar surface area (TPSA) is 87.3 Å². The summed E-state index contributed by atoms with van der Waals surface area (Å²) in [5, 5.41) is 7.92. The van der Waals surface area contributed by atoms with Crippen LogP contribution < -0.4 is 16.0 Å². The fraction of sp³-hybridized carbons (Fsp3) is 0.348. The van der Waals surface area contributed by atoms with Crippen LogP contribution in [0.25, 0.3) is 0 Å². The molecule has 0 spiro atoms. The minimum absolute atomic E-state index is 0.0911. The van der Waals surface area contributed by atoms with E-state index in [-0.39, 0.29) is 18.4 Å². The average molecular weight is 431 g/mol. The number of halogens is 2. The molecular formula is C23H27F2N3O3. The SMILES string of the molecule is CCCC(=O)Nc1cccc(CNC(=O)C(NC(=O)c2c(F)cccc2F)C(C)C)c1. The number of carbonyl (C=O) groups excluding carboxylic acids is 3. The Bertz CT molecular complexity index is 927. The molecule has 166 valence electrons. The third kappa shape index (κ3) is 6.87. The Kier molecular flexibility index (Phi) is 8.66. The van der Waals surface area contributed by atoms with Gasteiger partial charge in [0, 0.05) is 18.7 Å². The van der Waals surface area contributed by atoms with E-state index in [1.165, 1.54) is 0 Å². The number of hydrogen-bond acceptors (Lipinski definition) is 3. The highest BCUT2D eigenvalue weighted by molar-refractivity contribution is 5.98. The fourth-order valence-corrected chi connectivity index (χ4v) is 2.97. The van der Waals surface area contributed by atoms with E-state index in [0.717, 1.165) is 30.2 Å². The van der Waals surface area contributed by atoms with Crippen molar-refractivity contribution in [1.29, 1.82) is 0 Å². The summed E-state index contributed by atoms with van der Waals surface area (Å²) in [6.45, 7) is 5.50. The monoisotopic (exact) mass is 431 g/mol. The van der Waals surface area contributed by atoms with Crippen LogP contribution in [0.1, 0.15) is 49.5 Å². The molecule has 3 N–H and O–H groups in total. The van der Waals surface area contributed by atoms with Gasteiger partial charge in [-0.2, -0.15) is 0 Å². The van der Waals surface area contributed by atoms with E-state index in [2.05, 4.69) is 16.0 Å². The summed E-state index contributed by atoms with van der Waals surface area (Å²) in [4.78, 5) is 36.8. The zero-order chi connectivity index (χ0) is 23.0. The molecule has 0 aromatic heterocycles. The molecule has 0 saturated carbocycles. The number of nitrogens with one attached hydrogen (secondary N) is 3. The maximum atomic E-state index is 13.9. The van der Waals surface area contributed by atoms with Crippen LogP contribution in [0.3, 0.4) is 0 Å². The Hall–Kier alpha value is -3.29. The van der Waals surface area contributed by atoms with Crippen molar-refractivity contribution >= 4 is 23.4 Å². The normalized spacial score (nSPS) is 11.7. The zero-order valence-electron chi connectivity index (χ0n) is 17.8. The van der Waals surface area contributed by atoms with E-state index in [1.54, 1.807) is 38.1 Å². The Morgan fingerprint density at radius 3 is 2.26 bits per heavy atom. The van der Waals surface area contributed by atoms with Crippen molar-refractivity contribution in [3.8, 4) is 0 Å². The van der Waals surface area contributed by atoms with Crippen LogP contribution in [0.15, 0.2) is 42.5 Å². The third-order valence-electron chi connectivity index (χ3n) is 4.58. The average Bonchev–Trinajstić information content (AvgIpc) is 2.70. The Labute approximate surface area is 180 Å². The number of amides is 3. The highest BCUT2D eigenvalue weighted by Crippen LogP contribution is 2.14. The molecule has 0 heterocycles. The van der Waals surface area contributed by atoms with Crippen molar-refractivity contribution in [2.45, 2.75) is 46.2 Å². The molecule has 2 aromatic carbocycles. The van der Waals surface area contributed by atoms with Gasteiger partial charge in [0.15, 0.2) is 0 Å². The minimum atomic E-state index is -0.998. The molecule has 8 heteroatoms. The molecule has 6 nitrogen and oxygen atoms in total. The van der Waals surface area contributed by atoms with Gasteiger partial charge in [0.1, 0.15) is 23.2 Å². The number of anilines is 1. The molecule has 0 radical (unpaired) electrons.